The summed E-state index contributed by atoms with van der Waals surface area (Å²) in [4.78, 5) is 0. The lowest BCUT2D eigenvalue weighted by Gasteiger charge is -2.06. The van der Waals surface area contributed by atoms with Crippen LogP contribution in [0.25, 0.3) is 10.6 Å². The molecule has 1 heterocycles. The van der Waals surface area contributed by atoms with Gasteiger partial charge in [0.25, 0.3) is 0 Å². The van der Waals surface area contributed by atoms with Crippen LogP contribution in [0.1, 0.15) is 0 Å². The van der Waals surface area contributed by atoms with Crippen molar-refractivity contribution in [2.24, 2.45) is 0 Å². The van der Waals surface area contributed by atoms with Crippen LogP contribution in [0, 0.1) is 0 Å². The van der Waals surface area contributed by atoms with Crippen molar-refractivity contribution in [1.29, 1.82) is 0 Å². The molecule has 4 nitrogen and oxygen atoms in total. The summed E-state index contributed by atoms with van der Waals surface area (Å²) in [5.41, 5.74) is 6.54. The van der Waals surface area contributed by atoms with Crippen molar-refractivity contribution in [1.82, 2.24) is 10.2 Å². The fourth-order valence-corrected chi connectivity index (χ4v) is 2.27. The number of hydrogen-bond donors (Lipinski definition) is 1. The topological polar surface area (TPSA) is 61.0 Å². The Labute approximate surface area is 114 Å². The number of para-hydroxylation sites is 1. The zero-order chi connectivity index (χ0) is 13.1. The second-order valence-electron chi connectivity index (χ2n) is 3.89. The Morgan fingerprint density at radius 1 is 0.895 bits per heavy atom. The molecule has 0 bridgehead atoms. The Bertz CT molecular complexity index is 682. The van der Waals surface area contributed by atoms with E-state index in [-0.39, 0.29) is 0 Å². The summed E-state index contributed by atoms with van der Waals surface area (Å²) in [5.74, 6) is 1.56. The van der Waals surface area contributed by atoms with Crippen molar-refractivity contribution < 1.29 is 4.74 Å². The van der Waals surface area contributed by atoms with Crippen LogP contribution in [0.15, 0.2) is 54.6 Å². The van der Waals surface area contributed by atoms with E-state index in [0.29, 0.717) is 5.13 Å². The quantitative estimate of drug-likeness (QED) is 0.789. The van der Waals surface area contributed by atoms with E-state index < -0.39 is 0 Å². The first-order valence-electron chi connectivity index (χ1n) is 5.73. The van der Waals surface area contributed by atoms with Gasteiger partial charge in [-0.1, -0.05) is 41.7 Å². The van der Waals surface area contributed by atoms with Crippen molar-refractivity contribution in [3.63, 3.8) is 0 Å². The predicted octanol–water partition coefficient (Wildman–Crippen LogP) is 3.58. The minimum absolute atomic E-state index is 0.462. The standard InChI is InChI=1S/C14H11N3OS/c15-14-17-16-13(19-14)10-5-4-8-12(9-10)18-11-6-2-1-3-7-11/h1-9H,(H2,15,17). The van der Waals surface area contributed by atoms with Crippen LogP contribution in [-0.4, -0.2) is 10.2 Å². The minimum Gasteiger partial charge on any atom is -0.457 e. The Morgan fingerprint density at radius 2 is 1.68 bits per heavy atom. The van der Waals surface area contributed by atoms with Gasteiger partial charge < -0.3 is 10.5 Å². The fourth-order valence-electron chi connectivity index (χ4n) is 1.67. The van der Waals surface area contributed by atoms with Crippen LogP contribution in [0.5, 0.6) is 11.5 Å². The zero-order valence-corrected chi connectivity index (χ0v) is 10.8. The summed E-state index contributed by atoms with van der Waals surface area (Å²) in [6, 6.07) is 17.4. The largest absolute Gasteiger partial charge is 0.457 e. The molecule has 0 saturated heterocycles. The van der Waals surface area contributed by atoms with Gasteiger partial charge in [-0.05, 0) is 24.3 Å². The third kappa shape index (κ3) is 2.71. The van der Waals surface area contributed by atoms with Gasteiger partial charge in [-0.25, -0.2) is 0 Å². The second kappa shape index (κ2) is 5.07. The summed E-state index contributed by atoms with van der Waals surface area (Å²) in [5, 5.41) is 9.08. The SMILES string of the molecule is Nc1nnc(-c2cccc(Oc3ccccc3)c2)s1. The molecule has 0 aliphatic carbocycles. The third-order valence-corrected chi connectivity index (χ3v) is 3.30. The molecule has 5 heteroatoms. The smallest absolute Gasteiger partial charge is 0.203 e. The lowest BCUT2D eigenvalue weighted by molar-refractivity contribution is 0.483. The van der Waals surface area contributed by atoms with Crippen LogP contribution >= 0.6 is 11.3 Å². The first kappa shape index (κ1) is 11.7. The molecular weight excluding hydrogens is 258 g/mol. The summed E-state index contributed by atoms with van der Waals surface area (Å²) < 4.78 is 5.77. The zero-order valence-electron chi connectivity index (χ0n) is 9.98. The first-order chi connectivity index (χ1) is 9.31. The maximum atomic E-state index is 5.77. The van der Waals surface area contributed by atoms with E-state index in [2.05, 4.69) is 10.2 Å². The molecule has 94 valence electrons. The molecule has 0 spiro atoms. The number of nitrogens with two attached hydrogens (primary N) is 1. The predicted molar refractivity (Wildman–Crippen MR) is 76.3 cm³/mol. The maximum absolute atomic E-state index is 5.77. The molecule has 0 amide bonds. The fraction of sp³-hybridized carbons (Fsp3) is 0. The van der Waals surface area contributed by atoms with E-state index in [1.807, 2.05) is 54.6 Å². The van der Waals surface area contributed by atoms with Crippen molar-refractivity contribution in [2.75, 3.05) is 5.73 Å². The molecule has 0 atom stereocenters. The van der Waals surface area contributed by atoms with Crippen molar-refractivity contribution in [3.05, 3.63) is 54.6 Å². The number of nitrogen functional groups attached to an aromatic ring is 1. The molecule has 0 unspecified atom stereocenters. The number of hydrogen-bond acceptors (Lipinski definition) is 5. The monoisotopic (exact) mass is 269 g/mol. The number of benzene rings is 2. The van der Waals surface area contributed by atoms with E-state index in [9.17, 15) is 0 Å². The summed E-state index contributed by atoms with van der Waals surface area (Å²) in [6.07, 6.45) is 0. The highest BCUT2D eigenvalue weighted by Gasteiger charge is 2.06. The molecular formula is C14H11N3OS. The van der Waals surface area contributed by atoms with Crippen LogP contribution in [0.2, 0.25) is 0 Å². The van der Waals surface area contributed by atoms with Crippen LogP contribution in [-0.2, 0) is 0 Å². The van der Waals surface area contributed by atoms with Gasteiger partial charge >= 0.3 is 0 Å². The number of rotatable bonds is 3. The Balaban J connectivity index is 1.88. The molecule has 0 aliphatic heterocycles. The molecule has 0 aliphatic rings. The van der Waals surface area contributed by atoms with Crippen LogP contribution in [0.3, 0.4) is 0 Å². The summed E-state index contributed by atoms with van der Waals surface area (Å²) in [7, 11) is 0. The minimum atomic E-state index is 0.462. The van der Waals surface area contributed by atoms with Gasteiger partial charge in [-0.3, -0.25) is 0 Å². The molecule has 1 aromatic heterocycles. The highest BCUT2D eigenvalue weighted by atomic mass is 32.1. The van der Waals surface area contributed by atoms with E-state index in [0.717, 1.165) is 22.1 Å². The molecule has 0 radical (unpaired) electrons. The molecule has 19 heavy (non-hydrogen) atoms. The lowest BCUT2D eigenvalue weighted by Crippen LogP contribution is -1.84. The van der Waals surface area contributed by atoms with Crippen LogP contribution in [0.4, 0.5) is 5.13 Å². The van der Waals surface area contributed by atoms with Crippen molar-refractivity contribution in [2.45, 2.75) is 0 Å². The van der Waals surface area contributed by atoms with E-state index >= 15 is 0 Å². The van der Waals surface area contributed by atoms with Gasteiger partial charge in [0.2, 0.25) is 5.13 Å². The Hall–Kier alpha value is -2.40. The molecule has 3 rings (SSSR count). The highest BCUT2D eigenvalue weighted by molar-refractivity contribution is 7.18. The van der Waals surface area contributed by atoms with E-state index in [1.165, 1.54) is 11.3 Å². The Kier molecular flexibility index (Phi) is 3.12. The average molecular weight is 269 g/mol. The van der Waals surface area contributed by atoms with Crippen molar-refractivity contribution in [3.8, 4) is 22.1 Å². The second-order valence-corrected chi connectivity index (χ2v) is 4.90. The first-order valence-corrected chi connectivity index (χ1v) is 6.55. The molecule has 3 aromatic rings. The van der Waals surface area contributed by atoms with E-state index in [1.54, 1.807) is 0 Å². The van der Waals surface area contributed by atoms with Gasteiger partial charge in [-0.15, -0.1) is 10.2 Å². The summed E-state index contributed by atoms with van der Waals surface area (Å²) >= 11 is 1.36. The lowest BCUT2D eigenvalue weighted by atomic mass is 10.2. The van der Waals surface area contributed by atoms with Gasteiger partial charge in [0.1, 0.15) is 16.5 Å². The number of aromatic nitrogens is 2. The number of anilines is 1. The normalized spacial score (nSPS) is 10.3. The highest BCUT2D eigenvalue weighted by Crippen LogP contribution is 2.29. The van der Waals surface area contributed by atoms with Crippen molar-refractivity contribution >= 4 is 16.5 Å². The van der Waals surface area contributed by atoms with Crippen LogP contribution < -0.4 is 10.5 Å². The van der Waals surface area contributed by atoms with Gasteiger partial charge in [-0.2, -0.15) is 0 Å². The van der Waals surface area contributed by atoms with Gasteiger partial charge in [0.05, 0.1) is 0 Å². The molecule has 0 fully saturated rings. The summed E-state index contributed by atoms with van der Waals surface area (Å²) in [6.45, 7) is 0. The molecule has 2 aromatic carbocycles. The van der Waals surface area contributed by atoms with E-state index in [4.69, 9.17) is 10.5 Å². The number of ether oxygens (including phenoxy) is 1. The van der Waals surface area contributed by atoms with Gasteiger partial charge in [0, 0.05) is 5.56 Å². The number of nitrogens with zero attached hydrogens (tertiary/aromatic N) is 2. The Morgan fingerprint density at radius 3 is 2.42 bits per heavy atom. The van der Waals surface area contributed by atoms with Gasteiger partial charge in [0.15, 0.2) is 0 Å². The maximum Gasteiger partial charge on any atom is 0.203 e. The average Bonchev–Trinajstić information content (AvgIpc) is 2.87. The molecule has 0 saturated carbocycles. The molecule has 2 N–H and O–H groups in total. The third-order valence-electron chi connectivity index (χ3n) is 2.50.